The predicted molar refractivity (Wildman–Crippen MR) is 40.1 cm³/mol. The smallest absolute Gasteiger partial charge is 0.231 e. The van der Waals surface area contributed by atoms with Crippen molar-refractivity contribution in [3.8, 4) is 0 Å². The van der Waals surface area contributed by atoms with E-state index in [2.05, 4.69) is 4.98 Å². The molecule has 0 spiro atoms. The van der Waals surface area contributed by atoms with Crippen molar-refractivity contribution >= 4 is 5.91 Å². The summed E-state index contributed by atoms with van der Waals surface area (Å²) in [5, 5.41) is 0. The number of nitrogens with zero attached hydrogens (tertiary/aromatic N) is 2. The van der Waals surface area contributed by atoms with Crippen LogP contribution in [-0.2, 0) is 0 Å². The number of nitrogens with one attached hydrogen (secondary N) is 1. The zero-order valence-electron chi connectivity index (χ0n) is 6.16. The molecule has 1 N–H and O–H groups in total. The number of rotatable bonds is 3. The van der Waals surface area contributed by atoms with Gasteiger partial charge in [-0.15, -0.1) is 0 Å². The van der Waals surface area contributed by atoms with Gasteiger partial charge < -0.3 is 0 Å². The molecule has 4 heteroatoms. The molecule has 11 heavy (non-hydrogen) atoms. The van der Waals surface area contributed by atoms with Crippen molar-refractivity contribution < 1.29 is 4.79 Å². The molecule has 59 valence electrons. The summed E-state index contributed by atoms with van der Waals surface area (Å²) in [7, 11) is 0. The van der Waals surface area contributed by atoms with E-state index < -0.39 is 0 Å². The summed E-state index contributed by atoms with van der Waals surface area (Å²) in [6.07, 6.45) is 5.72. The molecule has 0 saturated carbocycles. The number of carbonyl (C=O) groups excluding carboxylic acids is 1. The summed E-state index contributed by atoms with van der Waals surface area (Å²) in [6.45, 7) is 0.306. The topological polar surface area (TPSA) is 58.7 Å². The van der Waals surface area contributed by atoms with Crippen LogP contribution in [0, 0.1) is 0 Å². The monoisotopic (exact) mass is 152 g/mol. The first-order chi connectivity index (χ1) is 5.34. The van der Waals surface area contributed by atoms with Crippen LogP contribution in [0.2, 0.25) is 0 Å². The van der Waals surface area contributed by atoms with Crippen LogP contribution in [0.25, 0.3) is 0 Å². The molecular weight excluding hydrogens is 142 g/mol. The summed E-state index contributed by atoms with van der Waals surface area (Å²) < 4.78 is 1.44. The first kappa shape index (κ1) is 7.94. The molecule has 1 rings (SSSR count). The normalized spacial score (nSPS) is 9.91. The van der Waals surface area contributed by atoms with Gasteiger partial charge in [0, 0.05) is 25.4 Å². The van der Waals surface area contributed by atoms with Crippen LogP contribution in [0.3, 0.4) is 0 Å². The maximum atomic E-state index is 11.1. The molecule has 0 aliphatic heterocycles. The van der Waals surface area contributed by atoms with Gasteiger partial charge >= 0.3 is 0 Å². The van der Waals surface area contributed by atoms with Gasteiger partial charge in [0.2, 0.25) is 5.91 Å². The Morgan fingerprint density at radius 1 is 1.64 bits per heavy atom. The zero-order chi connectivity index (χ0) is 8.10. The Labute approximate surface area is 65.0 Å². The number of hydrogen-bond acceptors (Lipinski definition) is 2. The van der Waals surface area contributed by atoms with E-state index in [1.165, 1.54) is 10.9 Å². The van der Waals surface area contributed by atoms with Gasteiger partial charge in [0.25, 0.3) is 0 Å². The number of aromatic nitrogens is 2. The lowest BCUT2D eigenvalue weighted by Crippen LogP contribution is -2.08. The van der Waals surface area contributed by atoms with Crippen molar-refractivity contribution in [3.05, 3.63) is 18.7 Å². The SMILES string of the molecule is [NH]CCCC(=O)n1ccnc1. The second-order valence-electron chi connectivity index (χ2n) is 2.22. The molecule has 0 fully saturated rings. The van der Waals surface area contributed by atoms with Crippen molar-refractivity contribution in [2.24, 2.45) is 0 Å². The van der Waals surface area contributed by atoms with Gasteiger partial charge in [-0.3, -0.25) is 15.1 Å². The fourth-order valence-electron chi connectivity index (χ4n) is 0.775. The Balaban J connectivity index is 2.43. The van der Waals surface area contributed by atoms with Gasteiger partial charge in [-0.1, -0.05) is 0 Å². The largest absolute Gasteiger partial charge is 0.276 e. The van der Waals surface area contributed by atoms with Crippen molar-refractivity contribution in [1.29, 1.82) is 0 Å². The lowest BCUT2D eigenvalue weighted by atomic mass is 10.3. The first-order valence-corrected chi connectivity index (χ1v) is 3.50. The van der Waals surface area contributed by atoms with E-state index in [1.807, 2.05) is 0 Å². The average Bonchev–Trinajstić information content (AvgIpc) is 2.52. The van der Waals surface area contributed by atoms with E-state index in [4.69, 9.17) is 5.73 Å². The van der Waals surface area contributed by atoms with E-state index in [0.717, 1.165) is 0 Å². The van der Waals surface area contributed by atoms with Gasteiger partial charge in [-0.05, 0) is 6.42 Å². The minimum absolute atomic E-state index is 0.00903. The van der Waals surface area contributed by atoms with Crippen molar-refractivity contribution in [2.45, 2.75) is 12.8 Å². The van der Waals surface area contributed by atoms with Crippen molar-refractivity contribution in [3.63, 3.8) is 0 Å². The molecule has 0 aromatic carbocycles. The van der Waals surface area contributed by atoms with Gasteiger partial charge in [0.15, 0.2) is 0 Å². The van der Waals surface area contributed by atoms with Crippen LogP contribution in [0.1, 0.15) is 17.6 Å². The maximum Gasteiger partial charge on any atom is 0.231 e. The second-order valence-corrected chi connectivity index (χ2v) is 2.22. The third-order valence-electron chi connectivity index (χ3n) is 1.36. The fourth-order valence-corrected chi connectivity index (χ4v) is 0.775. The van der Waals surface area contributed by atoms with Gasteiger partial charge in [-0.25, -0.2) is 4.98 Å². The highest BCUT2D eigenvalue weighted by Gasteiger charge is 2.01. The molecule has 0 unspecified atom stereocenters. The van der Waals surface area contributed by atoms with Crippen LogP contribution in [0.5, 0.6) is 0 Å². The van der Waals surface area contributed by atoms with Gasteiger partial charge in [-0.2, -0.15) is 0 Å². The highest BCUT2D eigenvalue weighted by molar-refractivity contribution is 5.78. The molecule has 0 saturated heterocycles. The molecular formula is C7H10N3O. The summed E-state index contributed by atoms with van der Waals surface area (Å²) >= 11 is 0. The highest BCUT2D eigenvalue weighted by atomic mass is 16.2. The van der Waals surface area contributed by atoms with E-state index in [9.17, 15) is 4.79 Å². The van der Waals surface area contributed by atoms with Crippen molar-refractivity contribution in [1.82, 2.24) is 15.3 Å². The third-order valence-corrected chi connectivity index (χ3v) is 1.36. The van der Waals surface area contributed by atoms with E-state index >= 15 is 0 Å². The Morgan fingerprint density at radius 3 is 3.00 bits per heavy atom. The number of imidazole rings is 1. The fraction of sp³-hybridized carbons (Fsp3) is 0.429. The molecule has 0 atom stereocenters. The van der Waals surface area contributed by atoms with Gasteiger partial charge in [0.05, 0.1) is 0 Å². The first-order valence-electron chi connectivity index (χ1n) is 3.50. The number of hydrogen-bond donors (Lipinski definition) is 0. The Kier molecular flexibility index (Phi) is 2.80. The minimum Gasteiger partial charge on any atom is -0.276 e. The molecule has 4 nitrogen and oxygen atoms in total. The van der Waals surface area contributed by atoms with Crippen LogP contribution < -0.4 is 5.73 Å². The maximum absolute atomic E-state index is 11.1. The lowest BCUT2D eigenvalue weighted by Gasteiger charge is -1.97. The van der Waals surface area contributed by atoms with Crippen LogP contribution >= 0.6 is 0 Å². The average molecular weight is 152 g/mol. The molecule has 1 aromatic rings. The molecule has 0 aliphatic carbocycles. The van der Waals surface area contributed by atoms with E-state index in [0.29, 0.717) is 19.4 Å². The second kappa shape index (κ2) is 3.88. The Bertz CT molecular complexity index is 218. The Morgan fingerprint density at radius 2 is 2.45 bits per heavy atom. The standard InChI is InChI=1S/C7H10N3O/c8-3-1-2-7(11)10-5-4-9-6-10/h4-6,8H,1-3H2. The molecule has 0 aliphatic rings. The predicted octanol–water partition coefficient (Wildman–Crippen LogP) is 0.586. The molecule has 1 aromatic heterocycles. The third kappa shape index (κ3) is 2.16. The minimum atomic E-state index is 0.00903. The summed E-state index contributed by atoms with van der Waals surface area (Å²) in [6, 6.07) is 0. The van der Waals surface area contributed by atoms with E-state index in [1.54, 1.807) is 12.4 Å². The zero-order valence-corrected chi connectivity index (χ0v) is 6.16. The summed E-state index contributed by atoms with van der Waals surface area (Å²) in [5.41, 5.74) is 6.84. The van der Waals surface area contributed by atoms with Gasteiger partial charge in [0.1, 0.15) is 6.33 Å². The Hall–Kier alpha value is -1.16. The number of carbonyl (C=O) groups is 1. The summed E-state index contributed by atoms with van der Waals surface area (Å²) in [4.78, 5) is 14.9. The highest BCUT2D eigenvalue weighted by Crippen LogP contribution is 1.93. The van der Waals surface area contributed by atoms with Crippen molar-refractivity contribution in [2.75, 3.05) is 6.54 Å². The molecule has 0 amide bonds. The van der Waals surface area contributed by atoms with Crippen LogP contribution in [0.4, 0.5) is 0 Å². The molecule has 0 bridgehead atoms. The van der Waals surface area contributed by atoms with Crippen LogP contribution in [-0.4, -0.2) is 22.0 Å². The quantitative estimate of drug-likeness (QED) is 0.636. The van der Waals surface area contributed by atoms with Crippen LogP contribution in [0.15, 0.2) is 18.7 Å². The van der Waals surface area contributed by atoms with E-state index in [-0.39, 0.29) is 5.91 Å². The summed E-state index contributed by atoms with van der Waals surface area (Å²) in [5.74, 6) is 0.00903. The lowest BCUT2D eigenvalue weighted by molar-refractivity contribution is 0.0900. The molecule has 1 radical (unpaired) electrons. The molecule has 1 heterocycles.